The highest BCUT2D eigenvalue weighted by Crippen LogP contribution is 2.44. The molecule has 0 spiro atoms. The Kier molecular flexibility index (Phi) is 4.63. The fourth-order valence-corrected chi connectivity index (χ4v) is 5.58. The maximum atomic E-state index is 5.32. The van der Waals surface area contributed by atoms with Crippen molar-refractivity contribution >= 4 is 17.5 Å². The van der Waals surface area contributed by atoms with Crippen molar-refractivity contribution in [1.82, 2.24) is 14.5 Å². The second kappa shape index (κ2) is 7.66. The smallest absolute Gasteiger partial charge is 0.207 e. The fraction of sp³-hybridized carbons (Fsp3) is 0.333. The fourth-order valence-electron chi connectivity index (χ4n) is 5.58. The number of hydrogen-bond acceptors (Lipinski definition) is 4. The van der Waals surface area contributed by atoms with Crippen LogP contribution in [0.1, 0.15) is 48.8 Å². The van der Waals surface area contributed by atoms with Crippen LogP contribution in [0, 0.1) is 0 Å². The van der Waals surface area contributed by atoms with Crippen LogP contribution in [0.2, 0.25) is 0 Å². The van der Waals surface area contributed by atoms with Gasteiger partial charge in [0, 0.05) is 20.0 Å². The second-order valence-corrected chi connectivity index (χ2v) is 9.03. The van der Waals surface area contributed by atoms with E-state index in [1.807, 2.05) is 0 Å². The van der Waals surface area contributed by atoms with Gasteiger partial charge in [-0.2, -0.15) is 0 Å². The van der Waals surface area contributed by atoms with Gasteiger partial charge < -0.3 is 9.47 Å². The molecule has 5 heteroatoms. The Hall–Kier alpha value is -3.34. The van der Waals surface area contributed by atoms with Crippen LogP contribution in [-0.2, 0) is 13.0 Å². The zero-order valence-electron chi connectivity index (χ0n) is 18.8. The summed E-state index contributed by atoms with van der Waals surface area (Å²) in [4.78, 5) is 15.2. The predicted molar refractivity (Wildman–Crippen MR) is 130 cm³/mol. The summed E-state index contributed by atoms with van der Waals surface area (Å²) in [7, 11) is 2.15. The number of aromatic nitrogens is 2. The molecule has 0 saturated heterocycles. The van der Waals surface area contributed by atoms with Gasteiger partial charge in [0.05, 0.1) is 17.8 Å². The Morgan fingerprint density at radius 2 is 1.69 bits per heavy atom. The largest absolute Gasteiger partial charge is 0.320 e. The number of rotatable bonds is 4. The van der Waals surface area contributed by atoms with Crippen molar-refractivity contribution in [2.24, 2.45) is 4.99 Å². The molecular weight excluding hydrogens is 394 g/mol. The SMILES string of the molecule is C/C=C1/c2c(nc(Cc3ccccc3)n2Cc2ccccc2)N2C(=N[C@@H]3CCC[C@@H]32)N1C. The third-order valence-corrected chi connectivity index (χ3v) is 7.09. The molecule has 162 valence electrons. The first-order chi connectivity index (χ1) is 15.7. The number of nitrogens with zero attached hydrogens (tertiary/aromatic N) is 5. The summed E-state index contributed by atoms with van der Waals surface area (Å²) in [5, 5.41) is 0. The maximum absolute atomic E-state index is 5.32. The summed E-state index contributed by atoms with van der Waals surface area (Å²) in [5.74, 6) is 3.27. The van der Waals surface area contributed by atoms with Crippen molar-refractivity contribution in [2.45, 2.75) is 51.2 Å². The topological polar surface area (TPSA) is 36.7 Å². The normalized spacial score (nSPS) is 22.7. The average molecular weight is 424 g/mol. The van der Waals surface area contributed by atoms with Crippen LogP contribution >= 0.6 is 0 Å². The molecule has 1 fully saturated rings. The molecule has 2 aromatic carbocycles. The quantitative estimate of drug-likeness (QED) is 0.597. The molecule has 0 amide bonds. The Balaban J connectivity index is 1.53. The first-order valence-electron chi connectivity index (χ1n) is 11.7. The summed E-state index contributed by atoms with van der Waals surface area (Å²) in [5.41, 5.74) is 4.99. The van der Waals surface area contributed by atoms with Crippen molar-refractivity contribution < 1.29 is 0 Å². The lowest BCUT2D eigenvalue weighted by Crippen LogP contribution is -2.48. The lowest BCUT2D eigenvalue weighted by molar-refractivity contribution is 0.615. The van der Waals surface area contributed by atoms with Gasteiger partial charge in [0.2, 0.25) is 5.96 Å². The molecule has 3 heterocycles. The van der Waals surface area contributed by atoms with E-state index in [0.29, 0.717) is 12.1 Å². The molecule has 0 unspecified atom stereocenters. The van der Waals surface area contributed by atoms with E-state index in [1.54, 1.807) is 0 Å². The van der Waals surface area contributed by atoms with Crippen LogP contribution in [0.15, 0.2) is 71.7 Å². The van der Waals surface area contributed by atoms with Crippen molar-refractivity contribution in [2.75, 3.05) is 11.9 Å². The van der Waals surface area contributed by atoms with Gasteiger partial charge in [-0.15, -0.1) is 0 Å². The molecule has 1 aliphatic carbocycles. The summed E-state index contributed by atoms with van der Waals surface area (Å²) in [6.07, 6.45) is 6.65. The van der Waals surface area contributed by atoms with Gasteiger partial charge in [-0.25, -0.2) is 9.98 Å². The van der Waals surface area contributed by atoms with E-state index < -0.39 is 0 Å². The molecular formula is C27H29N5. The summed E-state index contributed by atoms with van der Waals surface area (Å²) in [6, 6.07) is 22.2. The molecule has 3 aliphatic rings. The zero-order valence-corrected chi connectivity index (χ0v) is 18.8. The van der Waals surface area contributed by atoms with Gasteiger partial charge in [-0.1, -0.05) is 66.7 Å². The monoisotopic (exact) mass is 423 g/mol. The van der Waals surface area contributed by atoms with Crippen molar-refractivity contribution in [1.29, 1.82) is 0 Å². The van der Waals surface area contributed by atoms with Crippen LogP contribution in [0.3, 0.4) is 0 Å². The van der Waals surface area contributed by atoms with E-state index in [0.717, 1.165) is 30.6 Å². The lowest BCUT2D eigenvalue weighted by Gasteiger charge is -2.37. The number of aliphatic imine (C=N–C) groups is 1. The van der Waals surface area contributed by atoms with E-state index >= 15 is 0 Å². The van der Waals surface area contributed by atoms with Crippen LogP contribution in [0.25, 0.3) is 5.70 Å². The van der Waals surface area contributed by atoms with Crippen molar-refractivity contribution in [3.63, 3.8) is 0 Å². The average Bonchev–Trinajstić information content (AvgIpc) is 3.50. The van der Waals surface area contributed by atoms with Crippen molar-refractivity contribution in [3.05, 3.63) is 89.4 Å². The lowest BCUT2D eigenvalue weighted by atomic mass is 10.1. The number of allylic oxidation sites excluding steroid dienone is 1. The van der Waals surface area contributed by atoms with Crippen LogP contribution < -0.4 is 4.90 Å². The summed E-state index contributed by atoms with van der Waals surface area (Å²) in [6.45, 7) is 2.93. The first kappa shape index (κ1) is 19.4. The van der Waals surface area contributed by atoms with Gasteiger partial charge in [0.25, 0.3) is 0 Å². The molecule has 0 bridgehead atoms. The highest BCUT2D eigenvalue weighted by molar-refractivity contribution is 6.07. The Labute approximate surface area is 189 Å². The van der Waals surface area contributed by atoms with Gasteiger partial charge in [0.15, 0.2) is 5.82 Å². The van der Waals surface area contributed by atoms with E-state index in [9.17, 15) is 0 Å². The molecule has 5 nitrogen and oxygen atoms in total. The highest BCUT2D eigenvalue weighted by Gasteiger charge is 2.47. The van der Waals surface area contributed by atoms with Gasteiger partial charge in [0.1, 0.15) is 11.5 Å². The van der Waals surface area contributed by atoms with Crippen molar-refractivity contribution in [3.8, 4) is 0 Å². The molecule has 2 atom stereocenters. The molecule has 1 saturated carbocycles. The van der Waals surface area contributed by atoms with Crippen LogP contribution in [0.5, 0.6) is 0 Å². The predicted octanol–water partition coefficient (Wildman–Crippen LogP) is 4.93. The summed E-state index contributed by atoms with van der Waals surface area (Å²) >= 11 is 0. The van der Waals surface area contributed by atoms with Crippen LogP contribution in [0.4, 0.5) is 5.82 Å². The minimum atomic E-state index is 0.397. The number of benzene rings is 2. The molecule has 2 aliphatic heterocycles. The third kappa shape index (κ3) is 2.99. The Bertz CT molecular complexity index is 1190. The van der Waals surface area contributed by atoms with Crippen LogP contribution in [-0.4, -0.2) is 39.5 Å². The molecule has 32 heavy (non-hydrogen) atoms. The zero-order chi connectivity index (χ0) is 21.7. The minimum Gasteiger partial charge on any atom is -0.320 e. The number of imidazole rings is 1. The van der Waals surface area contributed by atoms with E-state index in [2.05, 4.69) is 95.1 Å². The minimum absolute atomic E-state index is 0.397. The maximum Gasteiger partial charge on any atom is 0.207 e. The first-order valence-corrected chi connectivity index (χ1v) is 11.7. The molecule has 6 rings (SSSR count). The Morgan fingerprint density at radius 1 is 0.969 bits per heavy atom. The number of fused-ring (bicyclic) bond motifs is 5. The van der Waals surface area contributed by atoms with E-state index in [4.69, 9.17) is 9.98 Å². The van der Waals surface area contributed by atoms with Gasteiger partial charge in [-0.3, -0.25) is 4.90 Å². The van der Waals surface area contributed by atoms with Gasteiger partial charge in [-0.05, 0) is 37.3 Å². The second-order valence-electron chi connectivity index (χ2n) is 9.03. The number of anilines is 1. The number of guanidine groups is 1. The van der Waals surface area contributed by atoms with Gasteiger partial charge >= 0.3 is 0 Å². The van der Waals surface area contributed by atoms with E-state index in [1.165, 1.54) is 41.8 Å². The third-order valence-electron chi connectivity index (χ3n) is 7.09. The molecule has 0 N–H and O–H groups in total. The highest BCUT2D eigenvalue weighted by atomic mass is 15.5. The summed E-state index contributed by atoms with van der Waals surface area (Å²) < 4.78 is 2.43. The molecule has 3 aromatic rings. The molecule has 0 radical (unpaired) electrons. The number of hydrogen-bond donors (Lipinski definition) is 0. The Morgan fingerprint density at radius 3 is 2.41 bits per heavy atom. The standard InChI is InChI=1S/C27H29N5/c1-3-22-25-26(32-23-16-10-15-21(23)28-27(32)30(22)2)29-24(17-19-11-6-4-7-12-19)31(25)18-20-13-8-5-9-14-20/h3-9,11-14,21,23H,10,15-18H2,1-2H3/b22-3-/t21-,23+/m1/s1. The molecule has 1 aromatic heterocycles. The van der Waals surface area contributed by atoms with E-state index in [-0.39, 0.29) is 0 Å².